The summed E-state index contributed by atoms with van der Waals surface area (Å²) in [6.45, 7) is 4.71. The number of amides is 1. The van der Waals surface area contributed by atoms with E-state index in [1.54, 1.807) is 6.92 Å². The normalized spacial score (nSPS) is 16.6. The number of carbonyl (C=O) groups excluding carboxylic acids is 1. The first-order valence-corrected chi connectivity index (χ1v) is 6.49. The van der Waals surface area contributed by atoms with Crippen LogP contribution in [0.25, 0.3) is 0 Å². The Morgan fingerprint density at radius 2 is 2.00 bits per heavy atom. The van der Waals surface area contributed by atoms with Gasteiger partial charge in [-0.25, -0.2) is 0 Å². The standard InChI is InChI=1S/C14H17F3N2O.ClH/c1-8(10-6-18-7-10)13(20)19-12-5-3-4-11(9(12)2)14(15,16)17;/h3-5,8,10,18H,6-7H2,1-2H3,(H,19,20);1H. The maximum Gasteiger partial charge on any atom is 0.416 e. The zero-order chi connectivity index (χ0) is 14.9. The topological polar surface area (TPSA) is 41.1 Å². The Bertz CT molecular complexity index is 515. The van der Waals surface area contributed by atoms with Gasteiger partial charge in [0.15, 0.2) is 0 Å². The molecule has 21 heavy (non-hydrogen) atoms. The van der Waals surface area contributed by atoms with E-state index >= 15 is 0 Å². The largest absolute Gasteiger partial charge is 0.416 e. The maximum atomic E-state index is 12.8. The zero-order valence-electron chi connectivity index (χ0n) is 11.8. The van der Waals surface area contributed by atoms with E-state index in [-0.39, 0.29) is 41.4 Å². The van der Waals surface area contributed by atoms with Crippen molar-refractivity contribution in [3.05, 3.63) is 29.3 Å². The Kier molecular flexibility index (Phi) is 5.64. The van der Waals surface area contributed by atoms with Gasteiger partial charge in [0.25, 0.3) is 0 Å². The van der Waals surface area contributed by atoms with E-state index in [9.17, 15) is 18.0 Å². The third-order valence-corrected chi connectivity index (χ3v) is 3.83. The molecule has 1 aliphatic heterocycles. The summed E-state index contributed by atoms with van der Waals surface area (Å²) in [5.41, 5.74) is -0.440. The molecule has 1 unspecified atom stereocenters. The average Bonchev–Trinajstić information content (AvgIpc) is 2.27. The second kappa shape index (κ2) is 6.66. The van der Waals surface area contributed by atoms with E-state index in [4.69, 9.17) is 0 Å². The molecular formula is C14H18ClF3N2O. The molecule has 1 amide bonds. The van der Waals surface area contributed by atoms with Gasteiger partial charge in [-0.05, 0) is 43.6 Å². The Morgan fingerprint density at radius 1 is 1.38 bits per heavy atom. The minimum Gasteiger partial charge on any atom is -0.326 e. The summed E-state index contributed by atoms with van der Waals surface area (Å²) >= 11 is 0. The molecule has 0 aliphatic carbocycles. The van der Waals surface area contributed by atoms with E-state index in [1.165, 1.54) is 19.1 Å². The van der Waals surface area contributed by atoms with Crippen LogP contribution in [0, 0.1) is 18.8 Å². The van der Waals surface area contributed by atoms with Gasteiger partial charge in [0.05, 0.1) is 5.56 Å². The first-order chi connectivity index (χ1) is 9.30. The highest BCUT2D eigenvalue weighted by Crippen LogP contribution is 2.34. The van der Waals surface area contributed by atoms with Crippen LogP contribution < -0.4 is 10.6 Å². The van der Waals surface area contributed by atoms with E-state index in [1.807, 2.05) is 0 Å². The summed E-state index contributed by atoms with van der Waals surface area (Å²) < 4.78 is 38.4. The molecule has 1 heterocycles. The van der Waals surface area contributed by atoms with Crippen LogP contribution in [0.5, 0.6) is 0 Å². The van der Waals surface area contributed by atoms with Gasteiger partial charge in [0.2, 0.25) is 5.91 Å². The van der Waals surface area contributed by atoms with Crippen LogP contribution in [0.4, 0.5) is 18.9 Å². The summed E-state index contributed by atoms with van der Waals surface area (Å²) in [6, 6.07) is 3.82. The molecule has 2 N–H and O–H groups in total. The van der Waals surface area contributed by atoms with Crippen LogP contribution in [-0.4, -0.2) is 19.0 Å². The number of carbonyl (C=O) groups is 1. The Hall–Kier alpha value is -1.27. The summed E-state index contributed by atoms with van der Waals surface area (Å²) in [6.07, 6.45) is -4.41. The second-order valence-electron chi connectivity index (χ2n) is 5.17. The molecule has 1 aliphatic rings. The smallest absolute Gasteiger partial charge is 0.326 e. The van der Waals surface area contributed by atoms with Crippen LogP contribution in [0.15, 0.2) is 18.2 Å². The van der Waals surface area contributed by atoms with Crippen molar-refractivity contribution in [2.24, 2.45) is 11.8 Å². The summed E-state index contributed by atoms with van der Waals surface area (Å²) in [4.78, 5) is 12.0. The van der Waals surface area contributed by atoms with Crippen molar-refractivity contribution in [1.82, 2.24) is 5.32 Å². The molecule has 0 saturated carbocycles. The Morgan fingerprint density at radius 3 is 2.48 bits per heavy atom. The monoisotopic (exact) mass is 322 g/mol. The van der Waals surface area contributed by atoms with Crippen molar-refractivity contribution < 1.29 is 18.0 Å². The lowest BCUT2D eigenvalue weighted by Gasteiger charge is -2.31. The fourth-order valence-electron chi connectivity index (χ4n) is 2.20. The van der Waals surface area contributed by atoms with E-state index in [0.717, 1.165) is 19.2 Å². The van der Waals surface area contributed by atoms with E-state index in [2.05, 4.69) is 10.6 Å². The van der Waals surface area contributed by atoms with Gasteiger partial charge in [0, 0.05) is 11.6 Å². The van der Waals surface area contributed by atoms with Crippen molar-refractivity contribution in [2.45, 2.75) is 20.0 Å². The first kappa shape index (κ1) is 17.8. The SMILES string of the molecule is Cc1c(NC(=O)C(C)C2CNC2)cccc1C(F)(F)F.Cl. The number of benzene rings is 1. The van der Waals surface area contributed by atoms with Crippen LogP contribution >= 0.6 is 12.4 Å². The van der Waals surface area contributed by atoms with Gasteiger partial charge >= 0.3 is 6.18 Å². The zero-order valence-corrected chi connectivity index (χ0v) is 12.6. The molecule has 3 nitrogen and oxygen atoms in total. The molecule has 1 aromatic carbocycles. The second-order valence-corrected chi connectivity index (χ2v) is 5.17. The van der Waals surface area contributed by atoms with Gasteiger partial charge in [-0.3, -0.25) is 4.79 Å². The van der Waals surface area contributed by atoms with Gasteiger partial charge in [-0.1, -0.05) is 13.0 Å². The molecule has 1 atom stereocenters. The minimum absolute atomic E-state index is 0. The van der Waals surface area contributed by atoms with Crippen molar-refractivity contribution >= 4 is 24.0 Å². The first-order valence-electron chi connectivity index (χ1n) is 6.49. The number of hydrogen-bond donors (Lipinski definition) is 2. The molecule has 1 saturated heterocycles. The molecule has 118 valence electrons. The van der Waals surface area contributed by atoms with E-state index in [0.29, 0.717) is 0 Å². The number of nitrogens with one attached hydrogen (secondary N) is 2. The number of anilines is 1. The molecule has 0 spiro atoms. The molecule has 1 aromatic rings. The van der Waals surface area contributed by atoms with E-state index < -0.39 is 11.7 Å². The highest BCUT2D eigenvalue weighted by Gasteiger charge is 2.34. The number of halogens is 4. The van der Waals surface area contributed by atoms with Crippen LogP contribution in [0.2, 0.25) is 0 Å². The summed E-state index contributed by atoms with van der Waals surface area (Å²) in [5, 5.41) is 5.68. The summed E-state index contributed by atoms with van der Waals surface area (Å²) in [7, 11) is 0. The molecule has 7 heteroatoms. The fourth-order valence-corrected chi connectivity index (χ4v) is 2.20. The van der Waals surface area contributed by atoms with Gasteiger partial charge in [-0.15, -0.1) is 12.4 Å². The maximum absolute atomic E-state index is 12.8. The van der Waals surface area contributed by atoms with Gasteiger partial charge < -0.3 is 10.6 Å². The van der Waals surface area contributed by atoms with Crippen molar-refractivity contribution in [2.75, 3.05) is 18.4 Å². The Labute approximate surface area is 127 Å². The number of rotatable bonds is 3. The third kappa shape index (κ3) is 3.89. The number of alkyl halides is 3. The predicted molar refractivity (Wildman–Crippen MR) is 77.6 cm³/mol. The molecule has 0 radical (unpaired) electrons. The third-order valence-electron chi connectivity index (χ3n) is 3.83. The molecule has 0 bridgehead atoms. The van der Waals surface area contributed by atoms with Gasteiger partial charge in [0.1, 0.15) is 0 Å². The lowest BCUT2D eigenvalue weighted by atomic mass is 9.88. The molecule has 2 rings (SSSR count). The predicted octanol–water partition coefficient (Wildman–Crippen LogP) is 3.23. The highest BCUT2D eigenvalue weighted by atomic mass is 35.5. The van der Waals surface area contributed by atoms with Crippen LogP contribution in [-0.2, 0) is 11.0 Å². The minimum atomic E-state index is -4.41. The van der Waals surface area contributed by atoms with Gasteiger partial charge in [-0.2, -0.15) is 13.2 Å². The average molecular weight is 323 g/mol. The van der Waals surface area contributed by atoms with Crippen LogP contribution in [0.3, 0.4) is 0 Å². The van der Waals surface area contributed by atoms with Crippen molar-refractivity contribution in [1.29, 1.82) is 0 Å². The lowest BCUT2D eigenvalue weighted by molar-refractivity contribution is -0.138. The van der Waals surface area contributed by atoms with Crippen LogP contribution in [0.1, 0.15) is 18.1 Å². The number of hydrogen-bond acceptors (Lipinski definition) is 2. The molecular weight excluding hydrogens is 305 g/mol. The molecule has 1 fully saturated rings. The van der Waals surface area contributed by atoms with Crippen molar-refractivity contribution in [3.8, 4) is 0 Å². The highest BCUT2D eigenvalue weighted by molar-refractivity contribution is 5.93. The lowest BCUT2D eigenvalue weighted by Crippen LogP contribution is -2.48. The Balaban J connectivity index is 0.00000220. The molecule has 0 aromatic heterocycles. The fraction of sp³-hybridized carbons (Fsp3) is 0.500. The summed E-state index contributed by atoms with van der Waals surface area (Å²) in [5.74, 6) is -0.203. The van der Waals surface area contributed by atoms with Crippen molar-refractivity contribution in [3.63, 3.8) is 0 Å². The quantitative estimate of drug-likeness (QED) is 0.897.